The van der Waals surface area contributed by atoms with Crippen LogP contribution in [0.3, 0.4) is 0 Å². The van der Waals surface area contributed by atoms with E-state index in [2.05, 4.69) is 30.8 Å². The lowest BCUT2D eigenvalue weighted by Crippen LogP contribution is -2.30. The Kier molecular flexibility index (Phi) is 6.21. The van der Waals surface area contributed by atoms with Gasteiger partial charge in [-0.05, 0) is 6.07 Å². The highest BCUT2D eigenvalue weighted by atomic mass is 79.9. The molecule has 0 saturated heterocycles. The summed E-state index contributed by atoms with van der Waals surface area (Å²) in [5.41, 5.74) is 0. The summed E-state index contributed by atoms with van der Waals surface area (Å²) in [4.78, 5) is 12.8. The maximum absolute atomic E-state index is 5.11. The number of anilines is 2. The monoisotopic (exact) mass is 302 g/mol. The first-order valence-corrected chi connectivity index (χ1v) is 6.61. The molecule has 0 atom stereocenters. The molecule has 0 amide bonds. The quantitative estimate of drug-likeness (QED) is 0.712. The molecule has 0 aliphatic rings. The molecular weight excluding hydrogens is 284 g/mol. The van der Waals surface area contributed by atoms with Crippen molar-refractivity contribution in [3.63, 3.8) is 0 Å². The second-order valence-corrected chi connectivity index (χ2v) is 4.57. The van der Waals surface area contributed by atoms with Gasteiger partial charge in [0.05, 0.1) is 6.61 Å². The van der Waals surface area contributed by atoms with Gasteiger partial charge in [0.15, 0.2) is 0 Å². The normalized spacial score (nSPS) is 10.4. The van der Waals surface area contributed by atoms with Gasteiger partial charge in [-0.1, -0.05) is 15.9 Å². The Hall–Kier alpha value is -0.880. The fourth-order valence-corrected chi connectivity index (χ4v) is 1.80. The van der Waals surface area contributed by atoms with E-state index in [1.54, 1.807) is 13.3 Å². The zero-order valence-corrected chi connectivity index (χ0v) is 12.1. The fraction of sp³-hybridized carbons (Fsp3) is 0.636. The number of alkyl halides is 1. The van der Waals surface area contributed by atoms with Crippen molar-refractivity contribution in [1.29, 1.82) is 0 Å². The first-order chi connectivity index (χ1) is 8.19. The van der Waals surface area contributed by atoms with E-state index in [4.69, 9.17) is 4.74 Å². The van der Waals surface area contributed by atoms with Gasteiger partial charge in [-0.3, -0.25) is 0 Å². The summed E-state index contributed by atoms with van der Waals surface area (Å²) in [6, 6.07) is 1.92. The van der Waals surface area contributed by atoms with Crippen molar-refractivity contribution in [2.24, 2.45) is 0 Å². The maximum Gasteiger partial charge on any atom is 0.226 e. The van der Waals surface area contributed by atoms with Gasteiger partial charge in [-0.25, -0.2) is 4.98 Å². The van der Waals surface area contributed by atoms with Gasteiger partial charge in [0.1, 0.15) is 5.82 Å². The average Bonchev–Trinajstić information content (AvgIpc) is 2.34. The van der Waals surface area contributed by atoms with Crippen molar-refractivity contribution < 1.29 is 4.74 Å². The Morgan fingerprint density at radius 2 is 2.12 bits per heavy atom. The second kappa shape index (κ2) is 7.45. The van der Waals surface area contributed by atoms with E-state index in [1.807, 2.05) is 25.1 Å². The molecule has 0 saturated carbocycles. The molecule has 0 N–H and O–H groups in total. The van der Waals surface area contributed by atoms with E-state index < -0.39 is 0 Å². The predicted octanol–water partition coefficient (Wildman–Crippen LogP) is 1.39. The molecule has 1 rings (SSSR count). The standard InChI is InChI=1S/C11H19BrN4O/c1-15(2)11-13-6-4-10(14-11)16(7-5-12)8-9-17-3/h4,6H,5,7-9H2,1-3H3. The lowest BCUT2D eigenvalue weighted by Gasteiger charge is -2.23. The fourth-order valence-electron chi connectivity index (χ4n) is 1.38. The smallest absolute Gasteiger partial charge is 0.226 e. The molecule has 1 heterocycles. The van der Waals surface area contributed by atoms with Gasteiger partial charge in [-0.15, -0.1) is 0 Å². The van der Waals surface area contributed by atoms with Crippen LogP contribution in [0.1, 0.15) is 0 Å². The van der Waals surface area contributed by atoms with Crippen molar-refractivity contribution >= 4 is 27.7 Å². The maximum atomic E-state index is 5.11. The molecule has 0 bridgehead atoms. The molecular formula is C11H19BrN4O. The van der Waals surface area contributed by atoms with Gasteiger partial charge in [0.2, 0.25) is 5.95 Å². The number of aromatic nitrogens is 2. The van der Waals surface area contributed by atoms with Crippen LogP contribution in [0.15, 0.2) is 12.3 Å². The van der Waals surface area contributed by atoms with Crippen LogP contribution in [0.2, 0.25) is 0 Å². The van der Waals surface area contributed by atoms with Crippen LogP contribution in [-0.4, -0.2) is 56.2 Å². The average molecular weight is 303 g/mol. The van der Waals surface area contributed by atoms with Crippen LogP contribution in [0.25, 0.3) is 0 Å². The van der Waals surface area contributed by atoms with E-state index in [0.717, 1.165) is 30.2 Å². The molecule has 0 aliphatic carbocycles. The topological polar surface area (TPSA) is 41.5 Å². The second-order valence-electron chi connectivity index (χ2n) is 3.78. The SMILES string of the molecule is COCCN(CCBr)c1ccnc(N(C)C)n1. The number of hydrogen-bond donors (Lipinski definition) is 0. The summed E-state index contributed by atoms with van der Waals surface area (Å²) in [7, 11) is 5.57. The zero-order chi connectivity index (χ0) is 12.7. The lowest BCUT2D eigenvalue weighted by atomic mass is 10.4. The van der Waals surface area contributed by atoms with E-state index in [9.17, 15) is 0 Å². The molecule has 0 fully saturated rings. The van der Waals surface area contributed by atoms with Crippen LogP contribution in [0.4, 0.5) is 11.8 Å². The van der Waals surface area contributed by atoms with Crippen LogP contribution in [0.5, 0.6) is 0 Å². The van der Waals surface area contributed by atoms with E-state index >= 15 is 0 Å². The van der Waals surface area contributed by atoms with Gasteiger partial charge in [0.25, 0.3) is 0 Å². The molecule has 0 spiro atoms. The van der Waals surface area contributed by atoms with Gasteiger partial charge < -0.3 is 14.5 Å². The van der Waals surface area contributed by atoms with Crippen LogP contribution in [-0.2, 0) is 4.74 Å². The van der Waals surface area contributed by atoms with E-state index in [0.29, 0.717) is 6.61 Å². The largest absolute Gasteiger partial charge is 0.383 e. The Balaban J connectivity index is 2.81. The molecule has 0 unspecified atom stereocenters. The summed E-state index contributed by atoms with van der Waals surface area (Å²) < 4.78 is 5.11. The number of methoxy groups -OCH3 is 1. The highest BCUT2D eigenvalue weighted by molar-refractivity contribution is 9.09. The predicted molar refractivity (Wildman–Crippen MR) is 74.2 cm³/mol. The Morgan fingerprint density at radius 3 is 2.71 bits per heavy atom. The summed E-state index contributed by atoms with van der Waals surface area (Å²) in [5, 5.41) is 0.901. The van der Waals surface area contributed by atoms with Crippen molar-refractivity contribution in [1.82, 2.24) is 9.97 Å². The Morgan fingerprint density at radius 1 is 1.35 bits per heavy atom. The minimum Gasteiger partial charge on any atom is -0.383 e. The molecule has 6 heteroatoms. The Labute approximate surface area is 111 Å². The summed E-state index contributed by atoms with van der Waals surface area (Å²) in [5.74, 6) is 1.65. The molecule has 1 aromatic heterocycles. The number of nitrogens with zero attached hydrogens (tertiary/aromatic N) is 4. The number of halogens is 1. The van der Waals surface area contributed by atoms with E-state index in [-0.39, 0.29) is 0 Å². The Bertz CT molecular complexity index is 335. The summed E-state index contributed by atoms with van der Waals surface area (Å²) in [6.07, 6.45) is 1.78. The zero-order valence-electron chi connectivity index (χ0n) is 10.6. The number of rotatable bonds is 7. The molecule has 17 heavy (non-hydrogen) atoms. The number of hydrogen-bond acceptors (Lipinski definition) is 5. The molecule has 5 nitrogen and oxygen atoms in total. The molecule has 96 valence electrons. The van der Waals surface area contributed by atoms with Crippen LogP contribution >= 0.6 is 15.9 Å². The highest BCUT2D eigenvalue weighted by Gasteiger charge is 2.09. The van der Waals surface area contributed by atoms with Crippen molar-refractivity contribution in [3.05, 3.63) is 12.3 Å². The van der Waals surface area contributed by atoms with Gasteiger partial charge in [0, 0.05) is 45.8 Å². The van der Waals surface area contributed by atoms with Gasteiger partial charge >= 0.3 is 0 Å². The summed E-state index contributed by atoms with van der Waals surface area (Å²) in [6.45, 7) is 2.41. The minimum atomic E-state index is 0.689. The minimum absolute atomic E-state index is 0.689. The highest BCUT2D eigenvalue weighted by Crippen LogP contribution is 2.13. The lowest BCUT2D eigenvalue weighted by molar-refractivity contribution is 0.205. The van der Waals surface area contributed by atoms with Crippen LogP contribution < -0.4 is 9.80 Å². The summed E-state index contributed by atoms with van der Waals surface area (Å²) >= 11 is 3.45. The molecule has 0 radical (unpaired) electrons. The first-order valence-electron chi connectivity index (χ1n) is 5.49. The van der Waals surface area contributed by atoms with Crippen molar-refractivity contribution in [2.75, 3.05) is 56.0 Å². The molecule has 0 aliphatic heterocycles. The van der Waals surface area contributed by atoms with Crippen molar-refractivity contribution in [2.45, 2.75) is 0 Å². The van der Waals surface area contributed by atoms with Crippen molar-refractivity contribution in [3.8, 4) is 0 Å². The van der Waals surface area contributed by atoms with E-state index in [1.165, 1.54) is 0 Å². The number of ether oxygens (including phenoxy) is 1. The van der Waals surface area contributed by atoms with Gasteiger partial charge in [-0.2, -0.15) is 4.98 Å². The molecule has 1 aromatic rings. The third-order valence-corrected chi connectivity index (χ3v) is 2.63. The first kappa shape index (κ1) is 14.2. The third-order valence-electron chi connectivity index (χ3n) is 2.27. The van der Waals surface area contributed by atoms with Crippen LogP contribution in [0, 0.1) is 0 Å². The molecule has 0 aromatic carbocycles. The third kappa shape index (κ3) is 4.47.